The summed E-state index contributed by atoms with van der Waals surface area (Å²) in [6, 6.07) is 5.80. The summed E-state index contributed by atoms with van der Waals surface area (Å²) in [4.78, 5) is 10.8. The molecule has 0 unspecified atom stereocenters. The van der Waals surface area contributed by atoms with E-state index >= 15 is 0 Å². The molecule has 1 aromatic rings. The molecule has 1 amide bonds. The summed E-state index contributed by atoms with van der Waals surface area (Å²) in [5, 5.41) is 4.02. The summed E-state index contributed by atoms with van der Waals surface area (Å²) in [6.07, 6.45) is 12.8. The van der Waals surface area contributed by atoms with Crippen molar-refractivity contribution in [3.05, 3.63) is 69.8 Å². The minimum absolute atomic E-state index is 0.0546. The zero-order valence-electron chi connectivity index (χ0n) is 12.4. The second kappa shape index (κ2) is 8.21. The quantitative estimate of drug-likeness (QED) is 0.770. The average molecular weight is 336 g/mol. The van der Waals surface area contributed by atoms with Crippen LogP contribution in [-0.2, 0) is 4.79 Å². The topological polar surface area (TPSA) is 29.1 Å². The second-order valence-electron chi connectivity index (χ2n) is 5.37. The van der Waals surface area contributed by atoms with Gasteiger partial charge in [0.25, 0.3) is 0 Å². The Morgan fingerprint density at radius 2 is 1.95 bits per heavy atom. The van der Waals surface area contributed by atoms with E-state index in [1.54, 1.807) is 0 Å². The predicted molar refractivity (Wildman–Crippen MR) is 93.5 cm³/mol. The minimum atomic E-state index is 0.0546. The van der Waals surface area contributed by atoms with Crippen molar-refractivity contribution in [1.82, 2.24) is 5.32 Å². The van der Waals surface area contributed by atoms with E-state index in [1.807, 2.05) is 49.4 Å². The third-order valence-electron chi connectivity index (χ3n) is 3.88. The number of halogens is 2. The van der Waals surface area contributed by atoms with Gasteiger partial charge in [0.15, 0.2) is 0 Å². The molecule has 0 saturated heterocycles. The minimum Gasteiger partial charge on any atom is -0.352 e. The predicted octanol–water partition coefficient (Wildman–Crippen LogP) is 5.04. The highest BCUT2D eigenvalue weighted by atomic mass is 35.5. The number of hydrogen-bond donors (Lipinski definition) is 1. The zero-order chi connectivity index (χ0) is 15.9. The van der Waals surface area contributed by atoms with Gasteiger partial charge in [-0.15, -0.1) is 0 Å². The van der Waals surface area contributed by atoms with Crippen LogP contribution in [0.2, 0.25) is 10.0 Å². The number of nitrogens with one attached hydrogen (secondary N) is 1. The maximum Gasteiger partial charge on any atom is 0.207 e. The second-order valence-corrected chi connectivity index (χ2v) is 6.19. The maximum absolute atomic E-state index is 10.8. The third kappa shape index (κ3) is 4.49. The number of carbonyl (C=O) groups excluding carboxylic acids is 1. The summed E-state index contributed by atoms with van der Waals surface area (Å²) in [5.74, 6) is 0.237. The van der Waals surface area contributed by atoms with Crippen molar-refractivity contribution in [2.75, 3.05) is 0 Å². The highest BCUT2D eigenvalue weighted by Crippen LogP contribution is 2.30. The molecule has 0 aliphatic heterocycles. The summed E-state index contributed by atoms with van der Waals surface area (Å²) >= 11 is 12.1. The third-order valence-corrected chi connectivity index (χ3v) is 4.62. The highest BCUT2D eigenvalue weighted by molar-refractivity contribution is 6.42. The molecule has 22 heavy (non-hydrogen) atoms. The van der Waals surface area contributed by atoms with Gasteiger partial charge in [0, 0.05) is 12.0 Å². The van der Waals surface area contributed by atoms with Crippen molar-refractivity contribution >= 4 is 29.6 Å². The molecule has 0 bridgehead atoms. The Balaban J connectivity index is 2.25. The van der Waals surface area contributed by atoms with Crippen molar-refractivity contribution in [2.24, 2.45) is 0 Å². The number of amides is 1. The highest BCUT2D eigenvalue weighted by Gasteiger charge is 2.15. The molecular weight excluding hydrogens is 317 g/mol. The van der Waals surface area contributed by atoms with Crippen molar-refractivity contribution < 1.29 is 4.79 Å². The largest absolute Gasteiger partial charge is 0.352 e. The maximum atomic E-state index is 10.8. The first kappa shape index (κ1) is 16.9. The summed E-state index contributed by atoms with van der Waals surface area (Å²) in [5.41, 5.74) is 2.28. The van der Waals surface area contributed by atoms with E-state index in [0.29, 0.717) is 10.0 Å². The van der Waals surface area contributed by atoms with E-state index < -0.39 is 0 Å². The van der Waals surface area contributed by atoms with Gasteiger partial charge < -0.3 is 5.32 Å². The lowest BCUT2D eigenvalue weighted by atomic mass is 9.90. The van der Waals surface area contributed by atoms with E-state index in [2.05, 4.69) is 11.4 Å². The van der Waals surface area contributed by atoms with Crippen LogP contribution in [0.1, 0.15) is 31.2 Å². The summed E-state index contributed by atoms with van der Waals surface area (Å²) in [7, 11) is 0. The molecule has 2 atom stereocenters. The molecule has 0 heterocycles. The Labute approximate surface area is 141 Å². The Morgan fingerprint density at radius 1 is 1.14 bits per heavy atom. The molecule has 1 aromatic carbocycles. The van der Waals surface area contributed by atoms with Crippen LogP contribution in [0.4, 0.5) is 0 Å². The SMILES string of the molecule is C\C1=C/C=C\C=C\[C@H](c2ccc(Cl)c(Cl)c2)CC[C@@H]1NC=O. The van der Waals surface area contributed by atoms with Crippen LogP contribution in [0.3, 0.4) is 0 Å². The first-order valence-corrected chi connectivity index (χ1v) is 8.03. The molecule has 1 aliphatic carbocycles. The molecule has 116 valence electrons. The van der Waals surface area contributed by atoms with Crippen molar-refractivity contribution in [3.63, 3.8) is 0 Å². The van der Waals surface area contributed by atoms with Gasteiger partial charge in [-0.25, -0.2) is 0 Å². The van der Waals surface area contributed by atoms with Crippen LogP contribution in [-0.4, -0.2) is 12.5 Å². The van der Waals surface area contributed by atoms with E-state index in [0.717, 1.165) is 30.4 Å². The molecular formula is C18H19Cl2NO. The van der Waals surface area contributed by atoms with Crippen molar-refractivity contribution in [3.8, 4) is 0 Å². The van der Waals surface area contributed by atoms with Gasteiger partial charge in [-0.3, -0.25) is 4.79 Å². The zero-order valence-corrected chi connectivity index (χ0v) is 13.9. The number of allylic oxidation sites excluding steroid dienone is 5. The van der Waals surface area contributed by atoms with Crippen molar-refractivity contribution in [2.45, 2.75) is 31.7 Å². The Kier molecular flexibility index (Phi) is 6.29. The van der Waals surface area contributed by atoms with Gasteiger partial charge in [-0.1, -0.05) is 65.2 Å². The summed E-state index contributed by atoms with van der Waals surface area (Å²) in [6.45, 7) is 2.03. The molecule has 0 saturated carbocycles. The van der Waals surface area contributed by atoms with E-state index in [-0.39, 0.29) is 12.0 Å². The Morgan fingerprint density at radius 3 is 2.68 bits per heavy atom. The van der Waals surface area contributed by atoms with Crippen LogP contribution < -0.4 is 5.32 Å². The first-order chi connectivity index (χ1) is 10.6. The fourth-order valence-electron chi connectivity index (χ4n) is 2.57. The average Bonchev–Trinajstić information content (AvgIpc) is 2.51. The number of benzene rings is 1. The number of carbonyl (C=O) groups is 1. The molecule has 1 aliphatic rings. The fraction of sp³-hybridized carbons (Fsp3) is 0.278. The molecule has 2 nitrogen and oxygen atoms in total. The van der Waals surface area contributed by atoms with Crippen molar-refractivity contribution in [1.29, 1.82) is 0 Å². The lowest BCUT2D eigenvalue weighted by molar-refractivity contribution is -0.110. The van der Waals surface area contributed by atoms with Crippen LogP contribution in [0.15, 0.2) is 54.2 Å². The fourth-order valence-corrected chi connectivity index (χ4v) is 2.88. The van der Waals surface area contributed by atoms with E-state index in [1.165, 1.54) is 0 Å². The van der Waals surface area contributed by atoms with Gasteiger partial charge in [0.1, 0.15) is 0 Å². The van der Waals surface area contributed by atoms with E-state index in [9.17, 15) is 4.79 Å². The van der Waals surface area contributed by atoms with E-state index in [4.69, 9.17) is 23.2 Å². The van der Waals surface area contributed by atoms with Gasteiger partial charge in [0.05, 0.1) is 10.0 Å². The molecule has 4 heteroatoms. The first-order valence-electron chi connectivity index (χ1n) is 7.28. The normalized spacial score (nSPS) is 27.3. The van der Waals surface area contributed by atoms with Gasteiger partial charge in [-0.05, 0) is 37.5 Å². The molecule has 0 radical (unpaired) electrons. The monoisotopic (exact) mass is 335 g/mol. The lowest BCUT2D eigenvalue weighted by Crippen LogP contribution is -2.29. The van der Waals surface area contributed by atoms with Gasteiger partial charge >= 0.3 is 0 Å². The standard InChI is InChI=1S/C18H19Cl2NO/c1-13-5-3-2-4-6-14(8-10-18(13)21-12-22)15-7-9-16(19)17(20)11-15/h2-7,9,11-12,14,18H,8,10H2,1H3,(H,21,22)/b3-2-,6-4+,13-5+/t14-,18-/m0/s1. The van der Waals surface area contributed by atoms with Crippen LogP contribution >= 0.6 is 23.2 Å². The molecule has 0 spiro atoms. The molecule has 0 fully saturated rings. The molecule has 0 aromatic heterocycles. The molecule has 1 N–H and O–H groups in total. The van der Waals surface area contributed by atoms with Gasteiger partial charge in [-0.2, -0.15) is 0 Å². The Bertz CT molecular complexity index is 620. The molecule has 2 rings (SSSR count). The smallest absolute Gasteiger partial charge is 0.207 e. The van der Waals surface area contributed by atoms with Crippen LogP contribution in [0, 0.1) is 0 Å². The Hall–Kier alpha value is -1.51. The number of hydrogen-bond acceptors (Lipinski definition) is 1. The lowest BCUT2D eigenvalue weighted by Gasteiger charge is -2.21. The van der Waals surface area contributed by atoms with Crippen LogP contribution in [0.5, 0.6) is 0 Å². The summed E-state index contributed by atoms with van der Waals surface area (Å²) < 4.78 is 0. The van der Waals surface area contributed by atoms with Crippen LogP contribution in [0.25, 0.3) is 0 Å². The number of rotatable bonds is 3. The van der Waals surface area contributed by atoms with Gasteiger partial charge in [0.2, 0.25) is 6.41 Å².